The molecule has 0 aromatic heterocycles. The van der Waals surface area contributed by atoms with Crippen LogP contribution in [0.3, 0.4) is 0 Å². The van der Waals surface area contributed by atoms with Crippen molar-refractivity contribution in [2.24, 2.45) is 0 Å². The average molecular weight is 752 g/mol. The Morgan fingerprint density at radius 1 is 0.642 bits per heavy atom. The lowest BCUT2D eigenvalue weighted by Gasteiger charge is -2.40. The van der Waals surface area contributed by atoms with Crippen molar-refractivity contribution < 1.29 is 39.8 Å². The van der Waals surface area contributed by atoms with Crippen LogP contribution in [0.1, 0.15) is 181 Å². The summed E-state index contributed by atoms with van der Waals surface area (Å²) in [6.45, 7) is 3.71. The maximum Gasteiger partial charge on any atom is 0.220 e. The van der Waals surface area contributed by atoms with E-state index in [1.165, 1.54) is 89.9 Å². The summed E-state index contributed by atoms with van der Waals surface area (Å²) < 4.78 is 11.1. The van der Waals surface area contributed by atoms with Gasteiger partial charge in [-0.25, -0.2) is 0 Å². The second-order valence-corrected chi connectivity index (χ2v) is 15.1. The predicted octanol–water partition coefficient (Wildman–Crippen LogP) is 8.50. The van der Waals surface area contributed by atoms with Crippen molar-refractivity contribution in [3.63, 3.8) is 0 Å². The first kappa shape index (κ1) is 49.4. The van der Waals surface area contributed by atoms with Gasteiger partial charge in [-0.05, 0) is 51.4 Å². The van der Waals surface area contributed by atoms with Crippen LogP contribution < -0.4 is 5.32 Å². The molecule has 0 bridgehead atoms. The van der Waals surface area contributed by atoms with Gasteiger partial charge in [0.15, 0.2) is 6.29 Å². The molecule has 7 unspecified atom stereocenters. The third kappa shape index (κ3) is 26.0. The van der Waals surface area contributed by atoms with E-state index in [9.17, 15) is 30.3 Å². The summed E-state index contributed by atoms with van der Waals surface area (Å²) in [5.41, 5.74) is 0. The number of hydrogen-bond acceptors (Lipinski definition) is 8. The van der Waals surface area contributed by atoms with Crippen LogP contribution in [0.2, 0.25) is 0 Å². The van der Waals surface area contributed by atoms with Gasteiger partial charge in [-0.3, -0.25) is 4.79 Å². The van der Waals surface area contributed by atoms with E-state index in [0.717, 1.165) is 64.2 Å². The lowest BCUT2D eigenvalue weighted by molar-refractivity contribution is -0.302. The smallest absolute Gasteiger partial charge is 0.220 e. The highest BCUT2D eigenvalue weighted by Gasteiger charge is 2.44. The molecule has 53 heavy (non-hydrogen) atoms. The highest BCUT2D eigenvalue weighted by Crippen LogP contribution is 2.23. The number of carbonyl (C=O) groups is 1. The van der Waals surface area contributed by atoms with Crippen LogP contribution in [0.4, 0.5) is 0 Å². The van der Waals surface area contributed by atoms with Crippen molar-refractivity contribution in [2.75, 3.05) is 13.2 Å². The molecule has 1 aliphatic heterocycles. The van der Waals surface area contributed by atoms with Gasteiger partial charge in [-0.2, -0.15) is 0 Å². The van der Waals surface area contributed by atoms with Gasteiger partial charge < -0.3 is 40.3 Å². The standard InChI is InChI=1S/C44H81NO8/c1-3-5-7-9-10-11-12-13-14-15-16-17-18-19-20-21-22-23-24-25-26-27-28-30-32-34-40(48)45-37(38(47)33-31-29-8-6-4-2)36-52-44-43(51)42(50)41(49)39(35-46)53-44/h12-13,15-16,18-19,37-39,41-44,46-47,49-51H,3-11,14,17,20-36H2,1-2H3,(H,45,48)/b13-12-,16-15-,19-18-. The van der Waals surface area contributed by atoms with E-state index in [4.69, 9.17) is 9.47 Å². The Morgan fingerprint density at radius 3 is 1.64 bits per heavy atom. The predicted molar refractivity (Wildman–Crippen MR) is 216 cm³/mol. The van der Waals surface area contributed by atoms with Crippen molar-refractivity contribution >= 4 is 5.91 Å². The van der Waals surface area contributed by atoms with E-state index in [1.807, 2.05) is 0 Å². The van der Waals surface area contributed by atoms with Gasteiger partial charge in [0.1, 0.15) is 24.4 Å². The molecule has 0 saturated carbocycles. The average Bonchev–Trinajstić information content (AvgIpc) is 3.16. The Kier molecular flexibility index (Phi) is 32.5. The quantitative estimate of drug-likeness (QED) is 0.0279. The third-order valence-corrected chi connectivity index (χ3v) is 10.2. The molecular formula is C44H81NO8. The first-order valence-electron chi connectivity index (χ1n) is 21.7. The summed E-state index contributed by atoms with van der Waals surface area (Å²) in [5, 5.41) is 53.8. The van der Waals surface area contributed by atoms with E-state index in [0.29, 0.717) is 12.8 Å². The molecule has 0 radical (unpaired) electrons. The molecule has 0 spiro atoms. The van der Waals surface area contributed by atoms with Crippen LogP contribution in [0, 0.1) is 0 Å². The first-order valence-corrected chi connectivity index (χ1v) is 21.7. The van der Waals surface area contributed by atoms with Crippen LogP contribution in [0.15, 0.2) is 36.5 Å². The fourth-order valence-electron chi connectivity index (χ4n) is 6.70. The number of ether oxygens (including phenoxy) is 2. The zero-order chi connectivity index (χ0) is 38.8. The number of aliphatic hydroxyl groups is 5. The lowest BCUT2D eigenvalue weighted by Crippen LogP contribution is -2.60. The number of hydrogen-bond donors (Lipinski definition) is 6. The molecular weight excluding hydrogens is 670 g/mol. The molecule has 310 valence electrons. The minimum Gasteiger partial charge on any atom is -0.394 e. The Hall–Kier alpha value is -1.59. The van der Waals surface area contributed by atoms with Crippen molar-refractivity contribution in [1.82, 2.24) is 5.32 Å². The molecule has 1 saturated heterocycles. The van der Waals surface area contributed by atoms with Crippen molar-refractivity contribution in [3.8, 4) is 0 Å². The summed E-state index contributed by atoms with van der Waals surface area (Å²) in [6.07, 6.45) is 34.9. The van der Waals surface area contributed by atoms with Gasteiger partial charge in [0.2, 0.25) is 5.91 Å². The van der Waals surface area contributed by atoms with E-state index >= 15 is 0 Å². The van der Waals surface area contributed by atoms with E-state index < -0.39 is 49.5 Å². The van der Waals surface area contributed by atoms with E-state index in [-0.39, 0.29) is 12.5 Å². The summed E-state index contributed by atoms with van der Waals surface area (Å²) >= 11 is 0. The minimum atomic E-state index is -1.55. The van der Waals surface area contributed by atoms with Crippen molar-refractivity contribution in [1.29, 1.82) is 0 Å². The number of carbonyl (C=O) groups excluding carboxylic acids is 1. The van der Waals surface area contributed by atoms with Crippen LogP contribution in [-0.4, -0.2) is 87.5 Å². The molecule has 0 aliphatic carbocycles. The lowest BCUT2D eigenvalue weighted by atomic mass is 9.99. The first-order chi connectivity index (χ1) is 25.8. The molecule has 1 fully saturated rings. The fourth-order valence-corrected chi connectivity index (χ4v) is 6.70. The Labute approximate surface area is 323 Å². The molecule has 0 aromatic carbocycles. The van der Waals surface area contributed by atoms with Gasteiger partial charge >= 0.3 is 0 Å². The highest BCUT2D eigenvalue weighted by atomic mass is 16.7. The summed E-state index contributed by atoms with van der Waals surface area (Å²) in [5.74, 6) is -0.157. The van der Waals surface area contributed by atoms with Gasteiger partial charge in [0.25, 0.3) is 0 Å². The molecule has 1 aliphatic rings. The number of rotatable bonds is 35. The van der Waals surface area contributed by atoms with Gasteiger partial charge in [-0.1, -0.05) is 159 Å². The summed E-state index contributed by atoms with van der Waals surface area (Å²) in [7, 11) is 0. The number of amides is 1. The van der Waals surface area contributed by atoms with Gasteiger partial charge in [-0.15, -0.1) is 0 Å². The maximum atomic E-state index is 12.8. The minimum absolute atomic E-state index is 0.142. The zero-order valence-corrected chi connectivity index (χ0v) is 33.8. The second-order valence-electron chi connectivity index (χ2n) is 15.1. The summed E-state index contributed by atoms with van der Waals surface area (Å²) in [6, 6.07) is -0.716. The molecule has 6 N–H and O–H groups in total. The molecule has 1 amide bonds. The second kappa shape index (κ2) is 34.9. The van der Waals surface area contributed by atoms with Crippen molar-refractivity contribution in [2.45, 2.75) is 224 Å². The molecule has 1 heterocycles. The van der Waals surface area contributed by atoms with E-state index in [1.54, 1.807) is 0 Å². The Balaban J connectivity index is 2.16. The fraction of sp³-hybridized carbons (Fsp3) is 0.841. The number of aliphatic hydroxyl groups excluding tert-OH is 5. The normalized spacial score (nSPS) is 22.0. The molecule has 1 rings (SSSR count). The van der Waals surface area contributed by atoms with Crippen LogP contribution in [0.5, 0.6) is 0 Å². The largest absolute Gasteiger partial charge is 0.394 e. The molecule has 9 nitrogen and oxygen atoms in total. The monoisotopic (exact) mass is 752 g/mol. The van der Waals surface area contributed by atoms with Crippen LogP contribution in [0.25, 0.3) is 0 Å². The third-order valence-electron chi connectivity index (χ3n) is 10.2. The topological polar surface area (TPSA) is 149 Å². The highest BCUT2D eigenvalue weighted by molar-refractivity contribution is 5.76. The molecule has 9 heteroatoms. The zero-order valence-electron chi connectivity index (χ0n) is 33.8. The van der Waals surface area contributed by atoms with Gasteiger partial charge in [0, 0.05) is 6.42 Å². The van der Waals surface area contributed by atoms with Crippen LogP contribution in [-0.2, 0) is 14.3 Å². The molecule has 7 atom stereocenters. The van der Waals surface area contributed by atoms with Crippen molar-refractivity contribution in [3.05, 3.63) is 36.5 Å². The summed E-state index contributed by atoms with van der Waals surface area (Å²) in [4.78, 5) is 12.8. The Bertz CT molecular complexity index is 925. The van der Waals surface area contributed by atoms with E-state index in [2.05, 4.69) is 55.6 Å². The number of nitrogens with one attached hydrogen (secondary N) is 1. The van der Waals surface area contributed by atoms with Gasteiger partial charge in [0.05, 0.1) is 25.4 Å². The number of unbranched alkanes of at least 4 members (excludes halogenated alkanes) is 19. The molecule has 0 aromatic rings. The Morgan fingerprint density at radius 2 is 1.11 bits per heavy atom. The van der Waals surface area contributed by atoms with Crippen LogP contribution >= 0.6 is 0 Å². The number of allylic oxidation sites excluding steroid dienone is 6. The SMILES string of the molecule is CCCCCCC/C=C\C/C=C\C/C=C\CCCCCCCCCCCCC(=O)NC(COC1OC(CO)C(O)C(O)C1O)C(O)CCCCCCC. The maximum absolute atomic E-state index is 12.8.